The van der Waals surface area contributed by atoms with Crippen molar-refractivity contribution in [2.75, 3.05) is 6.54 Å². The predicted molar refractivity (Wildman–Crippen MR) is 48.0 cm³/mol. The van der Waals surface area contributed by atoms with E-state index in [0.717, 1.165) is 0 Å². The average Bonchev–Trinajstić information content (AvgIpc) is 2.15. The molecule has 0 radical (unpaired) electrons. The molecule has 2 N–H and O–H groups in total. The standard InChI is InChI=1S/C8H11N3O2/c1-2-5-9-8(13)6-3-4-7(12)11-10-6/h2H,1,3-5H2,(H,9,13)(H,11,12). The molecule has 1 aliphatic heterocycles. The number of nitrogens with one attached hydrogen (secondary N) is 2. The molecule has 5 heteroatoms. The van der Waals surface area contributed by atoms with Crippen molar-refractivity contribution in [3.05, 3.63) is 12.7 Å². The minimum Gasteiger partial charge on any atom is -0.347 e. The Balaban J connectivity index is 2.47. The largest absolute Gasteiger partial charge is 0.347 e. The molecule has 13 heavy (non-hydrogen) atoms. The van der Waals surface area contributed by atoms with Crippen molar-refractivity contribution in [2.45, 2.75) is 12.8 Å². The number of carbonyl (C=O) groups excluding carboxylic acids is 2. The zero-order valence-corrected chi connectivity index (χ0v) is 7.17. The first-order chi connectivity index (χ1) is 6.24. The molecule has 5 nitrogen and oxygen atoms in total. The van der Waals surface area contributed by atoms with Crippen molar-refractivity contribution < 1.29 is 9.59 Å². The van der Waals surface area contributed by atoms with Gasteiger partial charge >= 0.3 is 0 Å². The maximum atomic E-state index is 11.2. The second-order valence-corrected chi connectivity index (χ2v) is 2.59. The number of hydrogen-bond acceptors (Lipinski definition) is 3. The van der Waals surface area contributed by atoms with Gasteiger partial charge in [0.2, 0.25) is 5.91 Å². The van der Waals surface area contributed by atoms with E-state index in [9.17, 15) is 9.59 Å². The lowest BCUT2D eigenvalue weighted by Crippen LogP contribution is -2.36. The maximum absolute atomic E-state index is 11.2. The predicted octanol–water partition coefficient (Wildman–Crippen LogP) is -0.445. The Morgan fingerprint density at radius 3 is 3.00 bits per heavy atom. The molecule has 2 amide bonds. The molecule has 0 atom stereocenters. The summed E-state index contributed by atoms with van der Waals surface area (Å²) in [4.78, 5) is 21.9. The molecule has 1 rings (SSSR count). The van der Waals surface area contributed by atoms with Crippen LogP contribution in [-0.4, -0.2) is 24.1 Å². The lowest BCUT2D eigenvalue weighted by Gasteiger charge is -2.10. The van der Waals surface area contributed by atoms with Crippen molar-refractivity contribution in [1.29, 1.82) is 0 Å². The van der Waals surface area contributed by atoms with E-state index in [1.54, 1.807) is 6.08 Å². The molecule has 0 bridgehead atoms. The summed E-state index contributed by atoms with van der Waals surface area (Å²) in [7, 11) is 0. The van der Waals surface area contributed by atoms with E-state index in [1.165, 1.54) is 0 Å². The number of hydrazone groups is 1. The van der Waals surface area contributed by atoms with Gasteiger partial charge in [0.15, 0.2) is 0 Å². The zero-order chi connectivity index (χ0) is 9.68. The van der Waals surface area contributed by atoms with Crippen LogP contribution in [0.2, 0.25) is 0 Å². The Bertz CT molecular complexity index is 271. The summed E-state index contributed by atoms with van der Waals surface area (Å²) in [5.74, 6) is -0.403. The molecular formula is C8H11N3O2. The summed E-state index contributed by atoms with van der Waals surface area (Å²) in [6.07, 6.45) is 2.30. The van der Waals surface area contributed by atoms with Gasteiger partial charge in [-0.25, -0.2) is 5.43 Å². The van der Waals surface area contributed by atoms with Crippen LogP contribution in [0.5, 0.6) is 0 Å². The van der Waals surface area contributed by atoms with Gasteiger partial charge in [0, 0.05) is 19.4 Å². The van der Waals surface area contributed by atoms with Crippen LogP contribution < -0.4 is 10.7 Å². The summed E-state index contributed by atoms with van der Waals surface area (Å²) in [5.41, 5.74) is 2.61. The third kappa shape index (κ3) is 2.70. The van der Waals surface area contributed by atoms with Gasteiger partial charge in [-0.1, -0.05) is 6.08 Å². The lowest BCUT2D eigenvalue weighted by molar-refractivity contribution is -0.121. The van der Waals surface area contributed by atoms with Crippen LogP contribution in [0.3, 0.4) is 0 Å². The third-order valence-corrected chi connectivity index (χ3v) is 1.57. The highest BCUT2D eigenvalue weighted by molar-refractivity contribution is 6.39. The van der Waals surface area contributed by atoms with Gasteiger partial charge in [0.05, 0.1) is 0 Å². The smallest absolute Gasteiger partial charge is 0.267 e. The van der Waals surface area contributed by atoms with E-state index in [4.69, 9.17) is 0 Å². The van der Waals surface area contributed by atoms with Gasteiger partial charge < -0.3 is 5.32 Å². The Morgan fingerprint density at radius 1 is 1.69 bits per heavy atom. The SMILES string of the molecule is C=CCNC(=O)C1=NNC(=O)CC1. The van der Waals surface area contributed by atoms with Crippen LogP contribution in [0.1, 0.15) is 12.8 Å². The van der Waals surface area contributed by atoms with Gasteiger partial charge in [-0.15, -0.1) is 6.58 Å². The Hall–Kier alpha value is -1.65. The number of rotatable bonds is 3. The van der Waals surface area contributed by atoms with Crippen molar-refractivity contribution in [2.24, 2.45) is 5.10 Å². The topological polar surface area (TPSA) is 70.6 Å². The van der Waals surface area contributed by atoms with E-state index in [0.29, 0.717) is 25.1 Å². The van der Waals surface area contributed by atoms with E-state index in [2.05, 4.69) is 22.4 Å². The molecule has 0 unspecified atom stereocenters. The lowest BCUT2D eigenvalue weighted by atomic mass is 10.1. The highest BCUT2D eigenvalue weighted by Gasteiger charge is 2.16. The second kappa shape index (κ2) is 4.39. The van der Waals surface area contributed by atoms with Crippen molar-refractivity contribution in [3.63, 3.8) is 0 Å². The molecule has 0 aromatic heterocycles. The number of nitrogens with zero attached hydrogens (tertiary/aromatic N) is 1. The normalized spacial score (nSPS) is 15.7. The maximum Gasteiger partial charge on any atom is 0.267 e. The molecule has 0 saturated heterocycles. The van der Waals surface area contributed by atoms with Crippen molar-refractivity contribution >= 4 is 17.5 Å². The molecule has 1 aliphatic rings. The van der Waals surface area contributed by atoms with Crippen molar-refractivity contribution in [1.82, 2.24) is 10.7 Å². The molecule has 0 fully saturated rings. The summed E-state index contributed by atoms with van der Waals surface area (Å²) < 4.78 is 0. The monoisotopic (exact) mass is 181 g/mol. The van der Waals surface area contributed by atoms with E-state index < -0.39 is 0 Å². The highest BCUT2D eigenvalue weighted by atomic mass is 16.2. The molecule has 0 aromatic rings. The number of hydrogen-bond donors (Lipinski definition) is 2. The summed E-state index contributed by atoms with van der Waals surface area (Å²) in [5, 5.41) is 6.21. The Kier molecular flexibility index (Phi) is 3.19. The van der Waals surface area contributed by atoms with Gasteiger partial charge in [-0.2, -0.15) is 5.10 Å². The number of carbonyl (C=O) groups is 2. The Morgan fingerprint density at radius 2 is 2.46 bits per heavy atom. The first kappa shape index (κ1) is 9.44. The van der Waals surface area contributed by atoms with Crippen molar-refractivity contribution in [3.8, 4) is 0 Å². The molecule has 0 spiro atoms. The van der Waals surface area contributed by atoms with Crippen LogP contribution in [0.4, 0.5) is 0 Å². The van der Waals surface area contributed by atoms with E-state index >= 15 is 0 Å². The molecule has 70 valence electrons. The summed E-state index contributed by atoms with van der Waals surface area (Å²) in [6, 6.07) is 0. The summed E-state index contributed by atoms with van der Waals surface area (Å²) in [6.45, 7) is 3.87. The first-order valence-corrected chi connectivity index (χ1v) is 3.98. The van der Waals surface area contributed by atoms with Crippen LogP contribution in [-0.2, 0) is 9.59 Å². The quantitative estimate of drug-likeness (QED) is 0.579. The van der Waals surface area contributed by atoms with Gasteiger partial charge in [0.25, 0.3) is 5.91 Å². The number of amides is 2. The fourth-order valence-electron chi connectivity index (χ4n) is 0.905. The van der Waals surface area contributed by atoms with E-state index in [-0.39, 0.29) is 11.8 Å². The fourth-order valence-corrected chi connectivity index (χ4v) is 0.905. The molecule has 0 saturated carbocycles. The molecular weight excluding hydrogens is 170 g/mol. The highest BCUT2D eigenvalue weighted by Crippen LogP contribution is 1.98. The average molecular weight is 181 g/mol. The first-order valence-electron chi connectivity index (χ1n) is 3.98. The van der Waals surface area contributed by atoms with Gasteiger partial charge in [-0.05, 0) is 0 Å². The molecule has 0 aliphatic carbocycles. The van der Waals surface area contributed by atoms with E-state index in [1.807, 2.05) is 0 Å². The second-order valence-electron chi connectivity index (χ2n) is 2.59. The van der Waals surface area contributed by atoms with Crippen LogP contribution >= 0.6 is 0 Å². The van der Waals surface area contributed by atoms with Crippen LogP contribution in [0.25, 0.3) is 0 Å². The third-order valence-electron chi connectivity index (χ3n) is 1.57. The summed E-state index contributed by atoms with van der Waals surface area (Å²) >= 11 is 0. The minimum absolute atomic E-state index is 0.153. The molecule has 1 heterocycles. The zero-order valence-electron chi connectivity index (χ0n) is 7.17. The van der Waals surface area contributed by atoms with Crippen LogP contribution in [0.15, 0.2) is 17.8 Å². The van der Waals surface area contributed by atoms with Gasteiger partial charge in [-0.3, -0.25) is 9.59 Å². The molecule has 0 aromatic carbocycles. The van der Waals surface area contributed by atoms with Crippen LogP contribution in [0, 0.1) is 0 Å². The minimum atomic E-state index is -0.250. The van der Waals surface area contributed by atoms with Gasteiger partial charge in [0.1, 0.15) is 5.71 Å². The fraction of sp³-hybridized carbons (Fsp3) is 0.375. The Labute approximate surface area is 75.9 Å².